The van der Waals surface area contributed by atoms with E-state index in [1.54, 1.807) is 6.20 Å². The van der Waals surface area contributed by atoms with Crippen LogP contribution in [0, 0.1) is 0 Å². The summed E-state index contributed by atoms with van der Waals surface area (Å²) in [5.74, 6) is 0.556. The van der Waals surface area contributed by atoms with E-state index >= 15 is 0 Å². The van der Waals surface area contributed by atoms with Crippen molar-refractivity contribution in [2.24, 2.45) is 0 Å². The zero-order chi connectivity index (χ0) is 24.2. The molecule has 2 aromatic carbocycles. The molecule has 1 aliphatic heterocycles. The summed E-state index contributed by atoms with van der Waals surface area (Å²) >= 11 is 12.3. The van der Waals surface area contributed by atoms with Crippen LogP contribution in [0.15, 0.2) is 66.9 Å². The number of fused-ring (bicyclic) bond motifs is 1. The SMILES string of the molecule is O=C(NCCc1ccccn1)c1nnc(N2CCN(c3ccc(Cl)c(Cl)c3)CC2)c2ccccc12. The molecule has 1 N–H and O–H groups in total. The lowest BCUT2D eigenvalue weighted by Crippen LogP contribution is -2.47. The maximum Gasteiger partial charge on any atom is 0.272 e. The predicted molar refractivity (Wildman–Crippen MR) is 141 cm³/mol. The highest BCUT2D eigenvalue weighted by atomic mass is 35.5. The third kappa shape index (κ3) is 5.16. The summed E-state index contributed by atoms with van der Waals surface area (Å²) in [5, 5.41) is 14.6. The van der Waals surface area contributed by atoms with Crippen molar-refractivity contribution in [3.05, 3.63) is 88.3 Å². The summed E-state index contributed by atoms with van der Waals surface area (Å²) in [6.07, 6.45) is 2.40. The molecule has 0 aliphatic carbocycles. The summed E-state index contributed by atoms with van der Waals surface area (Å²) < 4.78 is 0. The smallest absolute Gasteiger partial charge is 0.272 e. The molecule has 2 aromatic heterocycles. The topological polar surface area (TPSA) is 74.2 Å². The number of pyridine rings is 1. The predicted octanol–water partition coefficient (Wildman–Crippen LogP) is 4.63. The van der Waals surface area contributed by atoms with E-state index in [1.165, 1.54) is 0 Å². The fourth-order valence-electron chi connectivity index (χ4n) is 4.28. The summed E-state index contributed by atoms with van der Waals surface area (Å²) in [5.41, 5.74) is 2.31. The molecular weight excluding hydrogens is 483 g/mol. The lowest BCUT2D eigenvalue weighted by atomic mass is 10.1. The third-order valence-electron chi connectivity index (χ3n) is 6.12. The van der Waals surface area contributed by atoms with Gasteiger partial charge in [-0.05, 0) is 30.3 Å². The minimum absolute atomic E-state index is 0.236. The van der Waals surface area contributed by atoms with Gasteiger partial charge < -0.3 is 15.1 Å². The van der Waals surface area contributed by atoms with Crippen molar-refractivity contribution in [1.29, 1.82) is 0 Å². The van der Waals surface area contributed by atoms with Crippen LogP contribution < -0.4 is 15.1 Å². The van der Waals surface area contributed by atoms with Gasteiger partial charge in [-0.15, -0.1) is 10.2 Å². The van der Waals surface area contributed by atoms with E-state index in [9.17, 15) is 4.79 Å². The average Bonchev–Trinajstić information content (AvgIpc) is 2.90. The number of piperazine rings is 1. The van der Waals surface area contributed by atoms with Crippen LogP contribution in [0.2, 0.25) is 10.0 Å². The van der Waals surface area contributed by atoms with Crippen LogP contribution in [0.4, 0.5) is 11.5 Å². The molecule has 1 saturated heterocycles. The molecule has 0 saturated carbocycles. The van der Waals surface area contributed by atoms with Crippen molar-refractivity contribution in [3.63, 3.8) is 0 Å². The number of carbonyl (C=O) groups excluding carboxylic acids is 1. The van der Waals surface area contributed by atoms with Gasteiger partial charge in [0, 0.05) is 67.5 Å². The molecule has 1 fully saturated rings. The Kier molecular flexibility index (Phi) is 6.97. The van der Waals surface area contributed by atoms with E-state index in [2.05, 4.69) is 30.3 Å². The molecule has 1 amide bonds. The molecule has 178 valence electrons. The Labute approximate surface area is 213 Å². The largest absolute Gasteiger partial charge is 0.368 e. The van der Waals surface area contributed by atoms with Crippen molar-refractivity contribution < 1.29 is 4.79 Å². The second-order valence-corrected chi connectivity index (χ2v) is 9.13. The minimum Gasteiger partial charge on any atom is -0.368 e. The van der Waals surface area contributed by atoms with Crippen molar-refractivity contribution in [2.45, 2.75) is 6.42 Å². The van der Waals surface area contributed by atoms with Crippen molar-refractivity contribution in [2.75, 3.05) is 42.5 Å². The molecular formula is C26H24Cl2N6O. The van der Waals surface area contributed by atoms with Gasteiger partial charge >= 0.3 is 0 Å². The Morgan fingerprint density at radius 2 is 1.60 bits per heavy atom. The number of anilines is 2. The number of rotatable bonds is 6. The van der Waals surface area contributed by atoms with E-state index in [0.717, 1.165) is 54.2 Å². The van der Waals surface area contributed by atoms with Crippen molar-refractivity contribution in [3.8, 4) is 0 Å². The first kappa shape index (κ1) is 23.3. The van der Waals surface area contributed by atoms with Gasteiger partial charge in [0.15, 0.2) is 11.5 Å². The fraction of sp³-hybridized carbons (Fsp3) is 0.231. The van der Waals surface area contributed by atoms with E-state index in [-0.39, 0.29) is 5.91 Å². The van der Waals surface area contributed by atoms with Gasteiger partial charge in [-0.25, -0.2) is 0 Å². The standard InChI is InChI=1S/C26H24Cl2N6O/c27-22-9-8-19(17-23(22)28)33-13-15-34(16-14-33)25-21-7-2-1-6-20(21)24(31-32-25)26(35)30-12-10-18-5-3-4-11-29-18/h1-9,11,17H,10,12-16H2,(H,30,35). The number of aromatic nitrogens is 3. The third-order valence-corrected chi connectivity index (χ3v) is 6.86. The van der Waals surface area contributed by atoms with Gasteiger partial charge in [0.2, 0.25) is 0 Å². The molecule has 0 unspecified atom stereocenters. The molecule has 5 rings (SSSR count). The van der Waals surface area contributed by atoms with Gasteiger partial charge in [0.1, 0.15) is 0 Å². The molecule has 0 atom stereocenters. The van der Waals surface area contributed by atoms with Crippen LogP contribution in [-0.2, 0) is 6.42 Å². The molecule has 9 heteroatoms. The van der Waals surface area contributed by atoms with Crippen LogP contribution in [0.5, 0.6) is 0 Å². The zero-order valence-corrected chi connectivity index (χ0v) is 20.5. The van der Waals surface area contributed by atoms with Gasteiger partial charge in [0.25, 0.3) is 5.91 Å². The van der Waals surface area contributed by atoms with Gasteiger partial charge in [-0.3, -0.25) is 9.78 Å². The Hall–Kier alpha value is -3.42. The van der Waals surface area contributed by atoms with Crippen LogP contribution in [-0.4, -0.2) is 53.8 Å². The first-order chi connectivity index (χ1) is 17.1. The summed E-state index contributed by atoms with van der Waals surface area (Å²) in [6, 6.07) is 19.3. The maximum absolute atomic E-state index is 12.9. The Morgan fingerprint density at radius 1 is 0.857 bits per heavy atom. The summed E-state index contributed by atoms with van der Waals surface area (Å²) in [6.45, 7) is 3.64. The average molecular weight is 507 g/mol. The second-order valence-electron chi connectivity index (χ2n) is 8.32. The molecule has 0 bridgehead atoms. The first-order valence-electron chi connectivity index (χ1n) is 11.5. The fourth-order valence-corrected chi connectivity index (χ4v) is 4.58. The number of amides is 1. The van der Waals surface area contributed by atoms with E-state index < -0.39 is 0 Å². The number of hydrogen-bond donors (Lipinski definition) is 1. The maximum atomic E-state index is 12.9. The molecule has 3 heterocycles. The van der Waals surface area contributed by atoms with E-state index in [4.69, 9.17) is 23.2 Å². The highest BCUT2D eigenvalue weighted by molar-refractivity contribution is 6.42. The van der Waals surface area contributed by atoms with E-state index in [1.807, 2.05) is 60.7 Å². The van der Waals surface area contributed by atoms with Crippen molar-refractivity contribution >= 4 is 51.4 Å². The number of halogens is 2. The highest BCUT2D eigenvalue weighted by Crippen LogP contribution is 2.30. The number of nitrogens with one attached hydrogen (secondary N) is 1. The van der Waals surface area contributed by atoms with Crippen LogP contribution >= 0.6 is 23.2 Å². The summed E-state index contributed by atoms with van der Waals surface area (Å²) in [4.78, 5) is 21.7. The highest BCUT2D eigenvalue weighted by Gasteiger charge is 2.23. The second kappa shape index (κ2) is 10.5. The molecule has 0 spiro atoms. The first-order valence-corrected chi connectivity index (χ1v) is 12.2. The number of hydrogen-bond acceptors (Lipinski definition) is 6. The molecule has 7 nitrogen and oxygen atoms in total. The van der Waals surface area contributed by atoms with Crippen LogP contribution in [0.25, 0.3) is 10.8 Å². The molecule has 35 heavy (non-hydrogen) atoms. The quantitative estimate of drug-likeness (QED) is 0.410. The number of benzene rings is 2. The van der Waals surface area contributed by atoms with Crippen LogP contribution in [0.3, 0.4) is 0 Å². The monoisotopic (exact) mass is 506 g/mol. The number of carbonyl (C=O) groups is 1. The van der Waals surface area contributed by atoms with Crippen molar-refractivity contribution in [1.82, 2.24) is 20.5 Å². The zero-order valence-electron chi connectivity index (χ0n) is 19.0. The normalized spacial score (nSPS) is 13.8. The summed E-state index contributed by atoms with van der Waals surface area (Å²) in [7, 11) is 0. The lowest BCUT2D eigenvalue weighted by Gasteiger charge is -2.37. The molecule has 1 aliphatic rings. The van der Waals surface area contributed by atoms with E-state index in [0.29, 0.717) is 28.7 Å². The Morgan fingerprint density at radius 3 is 2.34 bits per heavy atom. The minimum atomic E-state index is -0.236. The lowest BCUT2D eigenvalue weighted by molar-refractivity contribution is 0.0950. The Balaban J connectivity index is 1.30. The molecule has 0 radical (unpaired) electrons. The van der Waals surface area contributed by atoms with Gasteiger partial charge in [0.05, 0.1) is 10.0 Å². The molecule has 4 aromatic rings. The number of nitrogens with zero attached hydrogens (tertiary/aromatic N) is 5. The van der Waals surface area contributed by atoms with Gasteiger partial charge in [-0.1, -0.05) is 53.5 Å². The Bertz CT molecular complexity index is 1340. The van der Waals surface area contributed by atoms with Crippen LogP contribution in [0.1, 0.15) is 16.2 Å². The van der Waals surface area contributed by atoms with Gasteiger partial charge in [-0.2, -0.15) is 0 Å².